The molecule has 0 fully saturated rings. The Bertz CT molecular complexity index is 1260. The van der Waals surface area contributed by atoms with Crippen LogP contribution in [0.25, 0.3) is 10.2 Å². The predicted octanol–water partition coefficient (Wildman–Crippen LogP) is 2.52. The van der Waals surface area contributed by atoms with Crippen molar-refractivity contribution in [1.82, 2.24) is 4.57 Å². The molecule has 2 N–H and O–H groups in total. The summed E-state index contributed by atoms with van der Waals surface area (Å²) in [4.78, 5) is 29.7. The van der Waals surface area contributed by atoms with E-state index >= 15 is 0 Å². The van der Waals surface area contributed by atoms with Crippen LogP contribution in [0.4, 0.5) is 0 Å². The van der Waals surface area contributed by atoms with Crippen molar-refractivity contribution in [3.8, 4) is 0 Å². The molecule has 0 radical (unpaired) electrons. The third kappa shape index (κ3) is 6.26. The number of amides is 1. The second-order valence-electron chi connectivity index (χ2n) is 6.45. The number of rotatable bonds is 8. The van der Waals surface area contributed by atoms with Gasteiger partial charge in [-0.2, -0.15) is 4.99 Å². The van der Waals surface area contributed by atoms with E-state index < -0.39 is 16.0 Å². The summed E-state index contributed by atoms with van der Waals surface area (Å²) in [5, 5.41) is 5.22. The molecule has 1 amide bonds. The molecule has 0 aliphatic heterocycles. The lowest BCUT2D eigenvalue weighted by Crippen LogP contribution is -2.19. The number of esters is 1. The Morgan fingerprint density at radius 3 is 2.58 bits per heavy atom. The maximum absolute atomic E-state index is 12.5. The number of nitrogens with zero attached hydrogens (tertiary/aromatic N) is 2. The Hall–Kier alpha value is -2.47. The minimum Gasteiger partial charge on any atom is -0.469 e. The molecule has 0 spiro atoms. The largest absolute Gasteiger partial charge is 0.469 e. The summed E-state index contributed by atoms with van der Waals surface area (Å²) < 4.78 is 30.3. The van der Waals surface area contributed by atoms with E-state index in [4.69, 9.17) is 9.88 Å². The maximum atomic E-state index is 12.5. The number of thioether (sulfide) groups is 1. The first kappa shape index (κ1) is 23.2. The molecule has 1 aromatic heterocycles. The van der Waals surface area contributed by atoms with Gasteiger partial charge in [0, 0.05) is 23.6 Å². The molecular weight excluding hydrogens is 458 g/mol. The quantitative estimate of drug-likeness (QED) is 0.391. The predicted molar refractivity (Wildman–Crippen MR) is 120 cm³/mol. The van der Waals surface area contributed by atoms with E-state index in [1.807, 2.05) is 30.3 Å². The average molecular weight is 480 g/mol. The number of fused-ring (bicyclic) bond motifs is 1. The van der Waals surface area contributed by atoms with E-state index in [1.165, 1.54) is 30.6 Å². The van der Waals surface area contributed by atoms with Crippen molar-refractivity contribution in [3.05, 3.63) is 53.3 Å². The third-order valence-electron chi connectivity index (χ3n) is 4.30. The van der Waals surface area contributed by atoms with Gasteiger partial charge in [-0.3, -0.25) is 9.59 Å². The van der Waals surface area contributed by atoms with Crippen molar-refractivity contribution in [2.75, 3.05) is 12.9 Å². The number of carbonyl (C=O) groups excluding carboxylic acids is 2. The number of hydrogen-bond donors (Lipinski definition) is 1. The van der Waals surface area contributed by atoms with Crippen molar-refractivity contribution >= 4 is 55.2 Å². The van der Waals surface area contributed by atoms with Crippen LogP contribution in [0.2, 0.25) is 0 Å². The molecule has 31 heavy (non-hydrogen) atoms. The molecule has 0 atom stereocenters. The number of methoxy groups -OCH3 is 1. The Labute approximate surface area is 187 Å². The molecule has 0 aliphatic rings. The first-order chi connectivity index (χ1) is 14.8. The molecule has 0 aliphatic carbocycles. The van der Waals surface area contributed by atoms with E-state index in [2.05, 4.69) is 4.99 Å². The fourth-order valence-corrected chi connectivity index (χ4v) is 5.36. The molecule has 2 aromatic carbocycles. The van der Waals surface area contributed by atoms with Gasteiger partial charge in [-0.25, -0.2) is 13.6 Å². The maximum Gasteiger partial charge on any atom is 0.307 e. The summed E-state index contributed by atoms with van der Waals surface area (Å²) >= 11 is 2.73. The molecule has 0 saturated carbocycles. The number of sulfonamides is 1. The van der Waals surface area contributed by atoms with E-state index in [1.54, 1.807) is 22.4 Å². The number of thiazole rings is 1. The molecule has 11 heteroatoms. The molecule has 8 nitrogen and oxygen atoms in total. The van der Waals surface area contributed by atoms with E-state index in [9.17, 15) is 18.0 Å². The van der Waals surface area contributed by atoms with E-state index in [0.717, 1.165) is 4.90 Å². The summed E-state index contributed by atoms with van der Waals surface area (Å²) in [5.74, 6) is -0.118. The molecule has 0 saturated heterocycles. The number of carbonyl (C=O) groups is 2. The average Bonchev–Trinajstić information content (AvgIpc) is 3.08. The topological polar surface area (TPSA) is 121 Å². The van der Waals surface area contributed by atoms with Crippen molar-refractivity contribution in [3.63, 3.8) is 0 Å². The SMILES string of the molecule is COC(=O)CCn1c(=NC(=O)CCSc2ccccc2)sc2cc(S(N)(=O)=O)ccc21. The van der Waals surface area contributed by atoms with Gasteiger partial charge in [0.1, 0.15) is 0 Å². The van der Waals surface area contributed by atoms with Gasteiger partial charge in [-0.05, 0) is 30.3 Å². The van der Waals surface area contributed by atoms with Gasteiger partial charge in [0.15, 0.2) is 4.80 Å². The number of aromatic nitrogens is 1. The summed E-state index contributed by atoms with van der Waals surface area (Å²) in [6.07, 6.45) is 0.331. The molecule has 3 rings (SSSR count). The van der Waals surface area contributed by atoms with Crippen LogP contribution in [0.15, 0.2) is 63.3 Å². The van der Waals surface area contributed by atoms with Gasteiger partial charge in [0.25, 0.3) is 0 Å². The summed E-state index contributed by atoms with van der Waals surface area (Å²) in [6, 6.07) is 14.2. The standard InChI is InChI=1S/C20H21N3O5S3/c1-28-19(25)9-11-23-16-8-7-15(31(21,26)27)13-17(16)30-20(23)22-18(24)10-12-29-14-5-3-2-4-6-14/h2-8,13H,9-12H2,1H3,(H2,21,26,27). The van der Waals surface area contributed by atoms with Gasteiger partial charge < -0.3 is 9.30 Å². The van der Waals surface area contributed by atoms with E-state index in [-0.39, 0.29) is 30.2 Å². The highest BCUT2D eigenvalue weighted by atomic mass is 32.2. The molecule has 0 unspecified atom stereocenters. The lowest BCUT2D eigenvalue weighted by molar-refractivity contribution is -0.140. The van der Waals surface area contributed by atoms with Crippen LogP contribution in [0, 0.1) is 0 Å². The molecule has 1 heterocycles. The van der Waals surface area contributed by atoms with Crippen molar-refractivity contribution < 1.29 is 22.7 Å². The van der Waals surface area contributed by atoms with Crippen LogP contribution in [0.5, 0.6) is 0 Å². The van der Waals surface area contributed by atoms with Gasteiger partial charge in [0.05, 0.1) is 28.6 Å². The minimum absolute atomic E-state index is 0.0292. The Morgan fingerprint density at radius 1 is 1.16 bits per heavy atom. The number of aryl methyl sites for hydroxylation is 1. The van der Waals surface area contributed by atoms with Gasteiger partial charge in [-0.15, -0.1) is 11.8 Å². The lowest BCUT2D eigenvalue weighted by atomic mass is 10.3. The van der Waals surface area contributed by atoms with Crippen LogP contribution < -0.4 is 9.94 Å². The molecule has 164 valence electrons. The molecule has 0 bridgehead atoms. The highest BCUT2D eigenvalue weighted by molar-refractivity contribution is 7.99. The summed E-state index contributed by atoms with van der Waals surface area (Å²) in [6.45, 7) is 0.242. The Balaban J connectivity index is 1.88. The highest BCUT2D eigenvalue weighted by Crippen LogP contribution is 2.22. The van der Waals surface area contributed by atoms with Crippen molar-refractivity contribution in [2.45, 2.75) is 29.2 Å². The van der Waals surface area contributed by atoms with Crippen LogP contribution in [-0.2, 0) is 30.9 Å². The Morgan fingerprint density at radius 2 is 1.90 bits per heavy atom. The van der Waals surface area contributed by atoms with Crippen LogP contribution in [0.3, 0.4) is 0 Å². The van der Waals surface area contributed by atoms with Crippen LogP contribution in [0.1, 0.15) is 12.8 Å². The number of hydrogen-bond acceptors (Lipinski definition) is 7. The van der Waals surface area contributed by atoms with Gasteiger partial charge in [-0.1, -0.05) is 29.5 Å². The zero-order chi connectivity index (χ0) is 22.4. The number of nitrogens with two attached hydrogens (primary N) is 1. The normalized spacial score (nSPS) is 12.3. The highest BCUT2D eigenvalue weighted by Gasteiger charge is 2.14. The second kappa shape index (κ2) is 10.2. The lowest BCUT2D eigenvalue weighted by Gasteiger charge is -2.05. The first-order valence-corrected chi connectivity index (χ1v) is 12.6. The monoisotopic (exact) mass is 479 g/mol. The molecular formula is C20H21N3O5S3. The Kier molecular flexibility index (Phi) is 7.65. The van der Waals surface area contributed by atoms with Crippen LogP contribution in [-0.4, -0.2) is 37.7 Å². The smallest absolute Gasteiger partial charge is 0.307 e. The fraction of sp³-hybridized carbons (Fsp3) is 0.250. The second-order valence-corrected chi connectivity index (χ2v) is 10.2. The zero-order valence-corrected chi connectivity index (χ0v) is 19.1. The first-order valence-electron chi connectivity index (χ1n) is 9.26. The zero-order valence-electron chi connectivity index (χ0n) is 16.7. The number of benzene rings is 2. The fourth-order valence-electron chi connectivity index (χ4n) is 2.77. The number of primary sulfonamides is 1. The van der Waals surface area contributed by atoms with Crippen LogP contribution >= 0.6 is 23.1 Å². The number of ether oxygens (including phenoxy) is 1. The van der Waals surface area contributed by atoms with Gasteiger partial charge in [0.2, 0.25) is 15.9 Å². The summed E-state index contributed by atoms with van der Waals surface area (Å²) in [5.41, 5.74) is 0.659. The minimum atomic E-state index is -3.87. The van der Waals surface area contributed by atoms with Crippen molar-refractivity contribution in [2.24, 2.45) is 10.1 Å². The molecule has 3 aromatic rings. The van der Waals surface area contributed by atoms with Gasteiger partial charge >= 0.3 is 5.97 Å². The third-order valence-corrected chi connectivity index (χ3v) is 7.26. The summed E-state index contributed by atoms with van der Waals surface area (Å²) in [7, 11) is -2.56. The van der Waals surface area contributed by atoms with E-state index in [0.29, 0.717) is 20.8 Å². The van der Waals surface area contributed by atoms with Crippen molar-refractivity contribution in [1.29, 1.82) is 0 Å².